The van der Waals surface area contributed by atoms with Crippen molar-refractivity contribution in [3.8, 4) is 0 Å². The highest BCUT2D eigenvalue weighted by molar-refractivity contribution is 9.10. The molecule has 19 heavy (non-hydrogen) atoms. The van der Waals surface area contributed by atoms with Crippen LogP contribution in [0.2, 0.25) is 0 Å². The van der Waals surface area contributed by atoms with Gasteiger partial charge in [-0.15, -0.1) is 0 Å². The van der Waals surface area contributed by atoms with Crippen molar-refractivity contribution in [2.24, 2.45) is 5.73 Å². The van der Waals surface area contributed by atoms with Crippen LogP contribution in [0.15, 0.2) is 22.7 Å². The summed E-state index contributed by atoms with van der Waals surface area (Å²) in [6.07, 6.45) is 0. The van der Waals surface area contributed by atoms with Gasteiger partial charge < -0.3 is 15.5 Å². The summed E-state index contributed by atoms with van der Waals surface area (Å²) in [6.45, 7) is 9.53. The second kappa shape index (κ2) is 5.43. The Balaban J connectivity index is 2.43. The van der Waals surface area contributed by atoms with Crippen LogP contribution in [0.4, 0.5) is 5.69 Å². The van der Waals surface area contributed by atoms with E-state index >= 15 is 0 Å². The highest BCUT2D eigenvalue weighted by atomic mass is 79.9. The molecule has 2 N–H and O–H groups in total. The van der Waals surface area contributed by atoms with Gasteiger partial charge in [-0.2, -0.15) is 0 Å². The fourth-order valence-electron chi connectivity index (χ4n) is 3.33. The largest absolute Gasteiger partial charge is 0.359 e. The van der Waals surface area contributed by atoms with E-state index < -0.39 is 0 Å². The van der Waals surface area contributed by atoms with E-state index in [1.54, 1.807) is 0 Å². The first-order valence-corrected chi connectivity index (χ1v) is 7.58. The third kappa shape index (κ3) is 2.96. The molecule has 1 saturated heterocycles. The predicted octanol–water partition coefficient (Wildman–Crippen LogP) is 2.62. The molecule has 0 amide bonds. The maximum atomic E-state index is 6.02. The van der Waals surface area contributed by atoms with Crippen LogP contribution in [0.1, 0.15) is 19.4 Å². The molecule has 0 aliphatic carbocycles. The lowest BCUT2D eigenvalue weighted by atomic mass is 9.93. The van der Waals surface area contributed by atoms with Crippen molar-refractivity contribution in [2.45, 2.75) is 32.4 Å². The molecule has 2 rings (SSSR count). The number of likely N-dealkylation sites (N-methyl/N-ethyl adjacent to an activating group) is 1. The molecule has 0 saturated carbocycles. The minimum atomic E-state index is 0.0929. The zero-order valence-corrected chi connectivity index (χ0v) is 13.9. The van der Waals surface area contributed by atoms with E-state index in [1.165, 1.54) is 11.3 Å². The van der Waals surface area contributed by atoms with Gasteiger partial charge in [-0.1, -0.05) is 15.9 Å². The van der Waals surface area contributed by atoms with Crippen LogP contribution >= 0.6 is 15.9 Å². The first kappa shape index (κ1) is 14.8. The summed E-state index contributed by atoms with van der Waals surface area (Å²) in [5.74, 6) is 0. The third-order valence-corrected chi connectivity index (χ3v) is 4.38. The Labute approximate surface area is 124 Å². The molecule has 1 unspecified atom stereocenters. The monoisotopic (exact) mass is 325 g/mol. The van der Waals surface area contributed by atoms with Crippen molar-refractivity contribution in [1.29, 1.82) is 0 Å². The minimum Gasteiger partial charge on any atom is -0.359 e. The van der Waals surface area contributed by atoms with Crippen LogP contribution in [-0.2, 0) is 0 Å². The normalized spacial score (nSPS) is 23.7. The lowest BCUT2D eigenvalue weighted by molar-refractivity contribution is 0.182. The Morgan fingerprint density at radius 1 is 1.42 bits per heavy atom. The predicted molar refractivity (Wildman–Crippen MR) is 85.8 cm³/mol. The number of piperazine rings is 1. The summed E-state index contributed by atoms with van der Waals surface area (Å²) in [6, 6.07) is 6.87. The van der Waals surface area contributed by atoms with E-state index in [9.17, 15) is 0 Å². The van der Waals surface area contributed by atoms with Gasteiger partial charge in [0, 0.05) is 35.3 Å². The van der Waals surface area contributed by atoms with Gasteiger partial charge in [-0.25, -0.2) is 0 Å². The molecular weight excluding hydrogens is 302 g/mol. The van der Waals surface area contributed by atoms with Gasteiger partial charge in [0.25, 0.3) is 0 Å². The first-order chi connectivity index (χ1) is 8.85. The van der Waals surface area contributed by atoms with Crippen LogP contribution in [0.3, 0.4) is 0 Å². The molecular formula is C15H24BrN3. The molecule has 0 bridgehead atoms. The quantitative estimate of drug-likeness (QED) is 0.907. The van der Waals surface area contributed by atoms with Crippen molar-refractivity contribution >= 4 is 21.6 Å². The number of anilines is 1. The smallest absolute Gasteiger partial charge is 0.0545 e. The molecule has 1 aromatic carbocycles. The van der Waals surface area contributed by atoms with E-state index in [0.717, 1.165) is 17.6 Å². The summed E-state index contributed by atoms with van der Waals surface area (Å²) in [5.41, 5.74) is 8.71. The number of rotatable bonds is 2. The van der Waals surface area contributed by atoms with E-state index in [-0.39, 0.29) is 5.54 Å². The lowest BCUT2D eigenvalue weighted by Crippen LogP contribution is -2.65. The number of halogens is 1. The number of hydrogen-bond donors (Lipinski definition) is 1. The summed E-state index contributed by atoms with van der Waals surface area (Å²) in [5, 5.41) is 0. The third-order valence-electron chi connectivity index (χ3n) is 3.89. The average Bonchev–Trinajstić information content (AvgIpc) is 2.28. The molecule has 4 heteroatoms. The maximum Gasteiger partial charge on any atom is 0.0545 e. The molecule has 1 atom stereocenters. The Hall–Kier alpha value is -0.580. The van der Waals surface area contributed by atoms with Crippen molar-refractivity contribution in [1.82, 2.24) is 4.90 Å². The standard InChI is InChI=1S/C15H24BrN3/c1-11-7-12(16)5-6-14(11)19-13(8-17)9-18(4)10-15(19,2)3/h5-7,13H,8-10,17H2,1-4H3. The minimum absolute atomic E-state index is 0.0929. The number of benzene rings is 1. The van der Waals surface area contributed by atoms with Crippen LogP contribution < -0.4 is 10.6 Å². The second-order valence-corrected chi connectivity index (χ2v) is 7.12. The van der Waals surface area contributed by atoms with E-state index in [0.29, 0.717) is 12.6 Å². The topological polar surface area (TPSA) is 32.5 Å². The van der Waals surface area contributed by atoms with Gasteiger partial charge in [-0.3, -0.25) is 0 Å². The first-order valence-electron chi connectivity index (χ1n) is 6.79. The van der Waals surface area contributed by atoms with Gasteiger partial charge in [0.2, 0.25) is 0 Å². The van der Waals surface area contributed by atoms with Crippen molar-refractivity contribution in [2.75, 3.05) is 31.6 Å². The number of hydrogen-bond acceptors (Lipinski definition) is 3. The molecule has 3 nitrogen and oxygen atoms in total. The molecule has 1 aromatic rings. The zero-order chi connectivity index (χ0) is 14.2. The van der Waals surface area contributed by atoms with Crippen molar-refractivity contribution in [3.05, 3.63) is 28.2 Å². The Bertz CT molecular complexity index is 459. The summed E-state index contributed by atoms with van der Waals surface area (Å²) < 4.78 is 1.13. The highest BCUT2D eigenvalue weighted by Gasteiger charge is 2.38. The van der Waals surface area contributed by atoms with Crippen LogP contribution in [-0.4, -0.2) is 43.2 Å². The lowest BCUT2D eigenvalue weighted by Gasteiger charge is -2.52. The molecule has 106 valence electrons. The van der Waals surface area contributed by atoms with Gasteiger partial charge >= 0.3 is 0 Å². The van der Waals surface area contributed by atoms with Gasteiger partial charge in [0.05, 0.1) is 6.04 Å². The molecule has 1 fully saturated rings. The van der Waals surface area contributed by atoms with Crippen LogP contribution in [0.5, 0.6) is 0 Å². The number of nitrogens with two attached hydrogens (primary N) is 1. The Morgan fingerprint density at radius 2 is 2.11 bits per heavy atom. The van der Waals surface area contributed by atoms with E-state index in [2.05, 4.69) is 71.7 Å². The summed E-state index contributed by atoms with van der Waals surface area (Å²) in [4.78, 5) is 4.89. The fraction of sp³-hybridized carbons (Fsp3) is 0.600. The fourth-order valence-corrected chi connectivity index (χ4v) is 3.80. The molecule has 1 heterocycles. The maximum absolute atomic E-state index is 6.02. The highest BCUT2D eigenvalue weighted by Crippen LogP contribution is 2.34. The average molecular weight is 326 g/mol. The van der Waals surface area contributed by atoms with E-state index in [1.807, 2.05) is 0 Å². The van der Waals surface area contributed by atoms with E-state index in [4.69, 9.17) is 5.73 Å². The second-order valence-electron chi connectivity index (χ2n) is 6.20. The molecule has 0 radical (unpaired) electrons. The Morgan fingerprint density at radius 3 is 2.68 bits per heavy atom. The molecule has 0 spiro atoms. The van der Waals surface area contributed by atoms with Crippen molar-refractivity contribution < 1.29 is 0 Å². The van der Waals surface area contributed by atoms with Crippen LogP contribution in [0.25, 0.3) is 0 Å². The summed E-state index contributed by atoms with van der Waals surface area (Å²) in [7, 11) is 2.18. The Kier molecular flexibility index (Phi) is 4.23. The van der Waals surface area contributed by atoms with Crippen molar-refractivity contribution in [3.63, 3.8) is 0 Å². The van der Waals surface area contributed by atoms with Gasteiger partial charge in [-0.05, 0) is 51.6 Å². The number of aryl methyl sites for hydroxylation is 1. The molecule has 0 aromatic heterocycles. The molecule has 1 aliphatic heterocycles. The SMILES string of the molecule is Cc1cc(Br)ccc1N1C(CN)CN(C)CC1(C)C. The summed E-state index contributed by atoms with van der Waals surface area (Å²) >= 11 is 3.54. The van der Waals surface area contributed by atoms with Gasteiger partial charge in [0.15, 0.2) is 0 Å². The van der Waals surface area contributed by atoms with Gasteiger partial charge in [0.1, 0.15) is 0 Å². The number of nitrogens with zero attached hydrogens (tertiary/aromatic N) is 2. The van der Waals surface area contributed by atoms with Crippen LogP contribution in [0, 0.1) is 6.92 Å². The molecule has 1 aliphatic rings. The zero-order valence-electron chi connectivity index (χ0n) is 12.3.